The van der Waals surface area contributed by atoms with Gasteiger partial charge in [-0.3, -0.25) is 19.1 Å². The molecule has 1 aliphatic rings. The minimum atomic E-state index is -0.629. The van der Waals surface area contributed by atoms with E-state index >= 15 is 0 Å². The summed E-state index contributed by atoms with van der Waals surface area (Å²) in [5, 5.41) is 10.0. The summed E-state index contributed by atoms with van der Waals surface area (Å²) in [4.78, 5) is 38.2. The van der Waals surface area contributed by atoms with Crippen LogP contribution in [-0.4, -0.2) is 32.2 Å². The molecule has 2 heterocycles. The highest BCUT2D eigenvalue weighted by Gasteiger charge is 2.33. The van der Waals surface area contributed by atoms with Crippen molar-refractivity contribution in [2.24, 2.45) is 25.9 Å². The number of anilines is 1. The summed E-state index contributed by atoms with van der Waals surface area (Å²) in [7, 11) is 3.46. The highest BCUT2D eigenvalue weighted by atomic mass is 16.2. The van der Waals surface area contributed by atoms with Gasteiger partial charge in [0.1, 0.15) is 11.7 Å². The maximum Gasteiger partial charge on any atom is 0.270 e. The Morgan fingerprint density at radius 3 is 2.31 bits per heavy atom. The van der Waals surface area contributed by atoms with Crippen molar-refractivity contribution in [3.63, 3.8) is 0 Å². The van der Waals surface area contributed by atoms with E-state index in [9.17, 15) is 14.4 Å². The van der Waals surface area contributed by atoms with Crippen LogP contribution in [0.5, 0.6) is 0 Å². The number of pyridine rings is 1. The van der Waals surface area contributed by atoms with Crippen molar-refractivity contribution < 1.29 is 9.59 Å². The van der Waals surface area contributed by atoms with E-state index in [4.69, 9.17) is 0 Å². The van der Waals surface area contributed by atoms with Crippen molar-refractivity contribution in [2.45, 2.75) is 45.6 Å². The predicted octanol–water partition coefficient (Wildman–Crippen LogP) is 3.66. The Morgan fingerprint density at radius 2 is 1.69 bits per heavy atom. The molecular weight excluding hydrogens is 442 g/mol. The van der Waals surface area contributed by atoms with Crippen molar-refractivity contribution in [3.8, 4) is 11.1 Å². The number of nitrogens with zero attached hydrogens (tertiary/aromatic N) is 3. The maximum absolute atomic E-state index is 13.4. The van der Waals surface area contributed by atoms with Gasteiger partial charge in [-0.05, 0) is 61.4 Å². The van der Waals surface area contributed by atoms with Crippen LogP contribution in [0.2, 0.25) is 0 Å². The minimum absolute atomic E-state index is 0.0496. The summed E-state index contributed by atoms with van der Waals surface area (Å²) in [5.41, 5.74) is 3.82. The number of hydrogen-bond donors (Lipinski definition) is 2. The lowest BCUT2D eigenvalue weighted by atomic mass is 9.79. The van der Waals surface area contributed by atoms with Gasteiger partial charge >= 0.3 is 0 Å². The van der Waals surface area contributed by atoms with E-state index in [-0.39, 0.29) is 23.3 Å². The predicted molar refractivity (Wildman–Crippen MR) is 136 cm³/mol. The number of aryl methyl sites for hydroxylation is 1. The first-order valence-corrected chi connectivity index (χ1v) is 12.1. The van der Waals surface area contributed by atoms with Crippen LogP contribution in [0.15, 0.2) is 53.5 Å². The first-order chi connectivity index (χ1) is 16.7. The number of hydrogen-bond acceptors (Lipinski definition) is 4. The number of benzene rings is 1. The standard InChI is InChI=1S/C27H33N5O3/c1-17-5-7-20(8-6-17)25(30-26(34)23-15-16-28-32(23)4)27(35)29-21-11-9-19(10-12-21)22-13-14-24(33)31(3)18(22)2/h9-17,20,25H,5-8H2,1-4H3,(H,29,35)(H,30,34). The zero-order valence-corrected chi connectivity index (χ0v) is 20.7. The highest BCUT2D eigenvalue weighted by molar-refractivity contribution is 6.00. The van der Waals surface area contributed by atoms with E-state index in [1.54, 1.807) is 37.0 Å². The van der Waals surface area contributed by atoms with Crippen molar-refractivity contribution in [1.82, 2.24) is 19.7 Å². The summed E-state index contributed by atoms with van der Waals surface area (Å²) in [5.74, 6) is 0.197. The monoisotopic (exact) mass is 475 g/mol. The molecule has 0 bridgehead atoms. The van der Waals surface area contributed by atoms with Gasteiger partial charge in [0.25, 0.3) is 5.91 Å². The second-order valence-corrected chi connectivity index (χ2v) is 9.61. The molecule has 0 spiro atoms. The van der Waals surface area contributed by atoms with Gasteiger partial charge in [-0.1, -0.05) is 31.9 Å². The Kier molecular flexibility index (Phi) is 7.19. The molecule has 2 N–H and O–H groups in total. The van der Waals surface area contributed by atoms with Gasteiger partial charge in [-0.25, -0.2) is 0 Å². The van der Waals surface area contributed by atoms with Gasteiger partial charge in [0.2, 0.25) is 11.5 Å². The van der Waals surface area contributed by atoms with Crippen LogP contribution in [0, 0.1) is 18.8 Å². The van der Waals surface area contributed by atoms with Gasteiger partial charge in [-0.15, -0.1) is 0 Å². The van der Waals surface area contributed by atoms with Crippen LogP contribution in [-0.2, 0) is 18.9 Å². The lowest BCUT2D eigenvalue weighted by Gasteiger charge is -2.32. The quantitative estimate of drug-likeness (QED) is 0.569. The number of rotatable bonds is 6. The Morgan fingerprint density at radius 1 is 1.00 bits per heavy atom. The average Bonchev–Trinajstić information content (AvgIpc) is 3.28. The molecular formula is C27H33N5O3. The van der Waals surface area contributed by atoms with E-state index < -0.39 is 6.04 Å². The van der Waals surface area contributed by atoms with Crippen LogP contribution in [0.1, 0.15) is 48.8 Å². The Balaban J connectivity index is 1.52. The highest BCUT2D eigenvalue weighted by Crippen LogP contribution is 2.31. The molecule has 1 aromatic carbocycles. The second-order valence-electron chi connectivity index (χ2n) is 9.61. The van der Waals surface area contributed by atoms with Crippen molar-refractivity contribution in [2.75, 3.05) is 5.32 Å². The third kappa shape index (κ3) is 5.37. The summed E-state index contributed by atoms with van der Waals surface area (Å²) in [6, 6.07) is 11.9. The van der Waals surface area contributed by atoms with Gasteiger partial charge < -0.3 is 15.2 Å². The summed E-state index contributed by atoms with van der Waals surface area (Å²) >= 11 is 0. The van der Waals surface area contributed by atoms with Crippen molar-refractivity contribution >= 4 is 17.5 Å². The fourth-order valence-electron chi connectivity index (χ4n) is 4.82. The topological polar surface area (TPSA) is 98.0 Å². The molecule has 8 heteroatoms. The SMILES string of the molecule is Cc1c(-c2ccc(NC(=O)C(NC(=O)c3ccnn3C)C3CCC(C)CC3)cc2)ccc(=O)n1C. The molecule has 1 unspecified atom stereocenters. The van der Waals surface area contributed by atoms with Crippen LogP contribution >= 0.6 is 0 Å². The van der Waals surface area contributed by atoms with Crippen LogP contribution in [0.25, 0.3) is 11.1 Å². The molecule has 1 aliphatic carbocycles. The van der Waals surface area contributed by atoms with Gasteiger partial charge in [-0.2, -0.15) is 5.10 Å². The van der Waals surface area contributed by atoms with Crippen LogP contribution in [0.3, 0.4) is 0 Å². The number of aromatic nitrogens is 3. The molecule has 4 rings (SSSR count). The zero-order valence-electron chi connectivity index (χ0n) is 20.7. The molecule has 2 amide bonds. The number of carbonyl (C=O) groups is 2. The number of nitrogens with one attached hydrogen (secondary N) is 2. The molecule has 8 nitrogen and oxygen atoms in total. The number of amides is 2. The first-order valence-electron chi connectivity index (χ1n) is 12.1. The summed E-state index contributed by atoms with van der Waals surface area (Å²) in [6.45, 7) is 4.14. The van der Waals surface area contributed by atoms with E-state index in [2.05, 4.69) is 22.7 Å². The van der Waals surface area contributed by atoms with E-state index in [1.807, 2.05) is 37.3 Å². The van der Waals surface area contributed by atoms with Gasteiger partial charge in [0, 0.05) is 43.3 Å². The summed E-state index contributed by atoms with van der Waals surface area (Å²) in [6.07, 6.45) is 5.46. The molecule has 35 heavy (non-hydrogen) atoms. The molecule has 0 saturated heterocycles. The van der Waals surface area contributed by atoms with Gasteiger partial charge in [0.15, 0.2) is 0 Å². The van der Waals surface area contributed by atoms with Crippen LogP contribution in [0.4, 0.5) is 5.69 Å². The molecule has 1 fully saturated rings. The fraction of sp³-hybridized carbons (Fsp3) is 0.407. The van der Waals surface area contributed by atoms with Crippen molar-refractivity contribution in [1.29, 1.82) is 0 Å². The molecule has 2 aromatic heterocycles. The smallest absolute Gasteiger partial charge is 0.270 e. The molecule has 3 aromatic rings. The third-order valence-electron chi connectivity index (χ3n) is 7.23. The third-order valence-corrected chi connectivity index (χ3v) is 7.23. The lowest BCUT2D eigenvalue weighted by molar-refractivity contribution is -0.119. The molecule has 1 saturated carbocycles. The molecule has 184 valence electrons. The minimum Gasteiger partial charge on any atom is -0.339 e. The Labute approximate surface area is 205 Å². The second kappa shape index (κ2) is 10.3. The zero-order chi connectivity index (χ0) is 25.1. The lowest BCUT2D eigenvalue weighted by Crippen LogP contribution is -2.49. The molecule has 0 radical (unpaired) electrons. The fourth-order valence-corrected chi connectivity index (χ4v) is 4.82. The largest absolute Gasteiger partial charge is 0.339 e. The molecule has 0 aliphatic heterocycles. The van der Waals surface area contributed by atoms with Crippen molar-refractivity contribution in [3.05, 3.63) is 70.4 Å². The Hall–Kier alpha value is -3.68. The Bertz CT molecular complexity index is 1270. The van der Waals surface area contributed by atoms with E-state index in [0.29, 0.717) is 17.3 Å². The van der Waals surface area contributed by atoms with E-state index in [0.717, 1.165) is 42.5 Å². The maximum atomic E-state index is 13.4. The average molecular weight is 476 g/mol. The van der Waals surface area contributed by atoms with Crippen LogP contribution < -0.4 is 16.2 Å². The number of carbonyl (C=O) groups excluding carboxylic acids is 2. The summed E-state index contributed by atoms with van der Waals surface area (Å²) < 4.78 is 3.12. The first kappa shape index (κ1) is 24.4. The molecule has 1 atom stereocenters. The van der Waals surface area contributed by atoms with Gasteiger partial charge in [0.05, 0.1) is 0 Å². The normalized spacial score (nSPS) is 18.6. The van der Waals surface area contributed by atoms with E-state index in [1.165, 1.54) is 4.68 Å².